The Hall–Kier alpha value is -0.870. The highest BCUT2D eigenvalue weighted by Crippen LogP contribution is 2.39. The van der Waals surface area contributed by atoms with E-state index in [1.165, 1.54) is 36.9 Å². The molecule has 1 aliphatic rings. The van der Waals surface area contributed by atoms with E-state index in [0.717, 1.165) is 24.7 Å². The molecule has 0 aromatic carbocycles. The molecule has 0 saturated heterocycles. The average molecular weight is 293 g/mol. The second-order valence-corrected chi connectivity index (χ2v) is 7.17. The lowest BCUT2D eigenvalue weighted by Crippen LogP contribution is -2.34. The Morgan fingerprint density at radius 2 is 1.95 bits per heavy atom. The van der Waals surface area contributed by atoms with Crippen LogP contribution in [-0.2, 0) is 13.1 Å². The van der Waals surface area contributed by atoms with Crippen molar-refractivity contribution in [2.75, 3.05) is 13.2 Å². The highest BCUT2D eigenvalue weighted by molar-refractivity contribution is 5.24. The van der Waals surface area contributed by atoms with Crippen molar-refractivity contribution in [1.82, 2.24) is 15.1 Å². The molecule has 0 aliphatic heterocycles. The summed E-state index contributed by atoms with van der Waals surface area (Å²) in [6, 6.07) is 0. The third kappa shape index (κ3) is 3.86. The van der Waals surface area contributed by atoms with Crippen molar-refractivity contribution in [1.29, 1.82) is 0 Å². The molecule has 120 valence electrons. The van der Waals surface area contributed by atoms with E-state index in [-0.39, 0.29) is 6.61 Å². The zero-order valence-electron chi connectivity index (χ0n) is 14.1. The van der Waals surface area contributed by atoms with Gasteiger partial charge in [-0.05, 0) is 38.0 Å². The summed E-state index contributed by atoms with van der Waals surface area (Å²) in [5, 5.41) is 17.2. The Kier molecular flexibility index (Phi) is 5.44. The number of aliphatic hydroxyl groups excluding tert-OH is 1. The summed E-state index contributed by atoms with van der Waals surface area (Å²) >= 11 is 0. The van der Waals surface area contributed by atoms with Crippen molar-refractivity contribution in [3.05, 3.63) is 17.0 Å². The average Bonchev–Trinajstić information content (AvgIpc) is 3.04. The molecule has 1 aromatic heterocycles. The van der Waals surface area contributed by atoms with Gasteiger partial charge in [0.15, 0.2) is 0 Å². The van der Waals surface area contributed by atoms with E-state index < -0.39 is 0 Å². The van der Waals surface area contributed by atoms with E-state index in [1.54, 1.807) is 0 Å². The zero-order valence-corrected chi connectivity index (χ0v) is 14.1. The molecular weight excluding hydrogens is 262 g/mol. The molecule has 21 heavy (non-hydrogen) atoms. The van der Waals surface area contributed by atoms with Crippen LogP contribution in [0, 0.1) is 25.2 Å². The normalized spacial score (nSPS) is 16.8. The minimum Gasteiger partial charge on any atom is -0.394 e. The Labute approximate surface area is 128 Å². The highest BCUT2D eigenvalue weighted by atomic mass is 16.3. The lowest BCUT2D eigenvalue weighted by atomic mass is 9.77. The number of aromatic nitrogens is 2. The molecule has 1 aliphatic carbocycles. The first kappa shape index (κ1) is 16.5. The zero-order chi connectivity index (χ0) is 15.5. The number of nitrogens with one attached hydrogen (secondary N) is 1. The van der Waals surface area contributed by atoms with Gasteiger partial charge in [0.1, 0.15) is 0 Å². The van der Waals surface area contributed by atoms with E-state index in [2.05, 4.69) is 38.1 Å². The van der Waals surface area contributed by atoms with Crippen LogP contribution in [0.25, 0.3) is 0 Å². The molecule has 1 saturated carbocycles. The van der Waals surface area contributed by atoms with Crippen LogP contribution >= 0.6 is 0 Å². The number of aryl methyl sites for hydroxylation is 1. The number of aliphatic hydroxyl groups is 1. The van der Waals surface area contributed by atoms with Crippen molar-refractivity contribution in [2.45, 2.75) is 66.5 Å². The number of rotatable bonds is 7. The predicted molar refractivity (Wildman–Crippen MR) is 86.2 cm³/mol. The van der Waals surface area contributed by atoms with Gasteiger partial charge in [0.25, 0.3) is 0 Å². The van der Waals surface area contributed by atoms with Gasteiger partial charge in [0.2, 0.25) is 0 Å². The van der Waals surface area contributed by atoms with Gasteiger partial charge in [0.05, 0.1) is 18.8 Å². The van der Waals surface area contributed by atoms with Gasteiger partial charge in [-0.25, -0.2) is 0 Å². The summed E-state index contributed by atoms with van der Waals surface area (Å²) in [7, 11) is 0. The molecular formula is C17H31N3O. The molecule has 0 spiro atoms. The summed E-state index contributed by atoms with van der Waals surface area (Å²) < 4.78 is 1.91. The molecule has 2 rings (SSSR count). The summed E-state index contributed by atoms with van der Waals surface area (Å²) in [6.07, 6.45) is 5.59. The SMILES string of the molecule is Cc1nn(CCO)c(C)c1CNCC(C)(C)C1CCCC1. The van der Waals surface area contributed by atoms with Gasteiger partial charge in [-0.1, -0.05) is 26.7 Å². The summed E-state index contributed by atoms with van der Waals surface area (Å²) in [5.74, 6) is 0.865. The smallest absolute Gasteiger partial charge is 0.0644 e. The van der Waals surface area contributed by atoms with Crippen LogP contribution in [0.1, 0.15) is 56.5 Å². The van der Waals surface area contributed by atoms with Crippen LogP contribution in [0.3, 0.4) is 0 Å². The van der Waals surface area contributed by atoms with E-state index >= 15 is 0 Å². The summed E-state index contributed by atoms with van der Waals surface area (Å²) in [6.45, 7) is 11.6. The van der Waals surface area contributed by atoms with Gasteiger partial charge >= 0.3 is 0 Å². The first-order chi connectivity index (χ1) is 9.95. The molecule has 0 amide bonds. The fourth-order valence-electron chi connectivity index (χ4n) is 3.66. The Balaban J connectivity index is 1.91. The molecule has 1 fully saturated rings. The largest absolute Gasteiger partial charge is 0.394 e. The number of hydrogen-bond acceptors (Lipinski definition) is 3. The van der Waals surface area contributed by atoms with E-state index in [4.69, 9.17) is 5.11 Å². The first-order valence-electron chi connectivity index (χ1n) is 8.30. The van der Waals surface area contributed by atoms with Gasteiger partial charge in [0, 0.05) is 24.3 Å². The Morgan fingerprint density at radius 1 is 1.29 bits per heavy atom. The van der Waals surface area contributed by atoms with Crippen molar-refractivity contribution >= 4 is 0 Å². The van der Waals surface area contributed by atoms with Crippen LogP contribution in [0.2, 0.25) is 0 Å². The van der Waals surface area contributed by atoms with Crippen LogP contribution in [0.5, 0.6) is 0 Å². The summed E-state index contributed by atoms with van der Waals surface area (Å²) in [4.78, 5) is 0. The molecule has 2 N–H and O–H groups in total. The molecule has 4 heteroatoms. The summed E-state index contributed by atoms with van der Waals surface area (Å²) in [5.41, 5.74) is 3.91. The van der Waals surface area contributed by atoms with E-state index in [9.17, 15) is 0 Å². The third-order valence-electron chi connectivity index (χ3n) is 5.19. The lowest BCUT2D eigenvalue weighted by molar-refractivity contribution is 0.207. The fourth-order valence-corrected chi connectivity index (χ4v) is 3.66. The van der Waals surface area contributed by atoms with Crippen LogP contribution in [-0.4, -0.2) is 28.0 Å². The van der Waals surface area contributed by atoms with Gasteiger partial charge in [-0.2, -0.15) is 5.10 Å². The molecule has 0 unspecified atom stereocenters. The first-order valence-corrected chi connectivity index (χ1v) is 8.30. The molecule has 0 atom stereocenters. The van der Waals surface area contributed by atoms with Crippen molar-refractivity contribution in [2.24, 2.45) is 11.3 Å². The van der Waals surface area contributed by atoms with Crippen molar-refractivity contribution in [3.63, 3.8) is 0 Å². The van der Waals surface area contributed by atoms with Gasteiger partial charge in [-0.3, -0.25) is 4.68 Å². The minimum atomic E-state index is 0.142. The van der Waals surface area contributed by atoms with Crippen molar-refractivity contribution in [3.8, 4) is 0 Å². The topological polar surface area (TPSA) is 50.1 Å². The third-order valence-corrected chi connectivity index (χ3v) is 5.19. The van der Waals surface area contributed by atoms with Crippen LogP contribution in [0.4, 0.5) is 0 Å². The lowest BCUT2D eigenvalue weighted by Gasteiger charge is -2.32. The Morgan fingerprint density at radius 3 is 2.57 bits per heavy atom. The monoisotopic (exact) mass is 293 g/mol. The fraction of sp³-hybridized carbons (Fsp3) is 0.824. The molecule has 4 nitrogen and oxygen atoms in total. The van der Waals surface area contributed by atoms with Crippen LogP contribution < -0.4 is 5.32 Å². The minimum absolute atomic E-state index is 0.142. The molecule has 1 heterocycles. The second kappa shape index (κ2) is 6.93. The number of nitrogens with zero attached hydrogens (tertiary/aromatic N) is 2. The predicted octanol–water partition coefficient (Wildman–Crippen LogP) is 2.80. The number of hydrogen-bond donors (Lipinski definition) is 2. The highest BCUT2D eigenvalue weighted by Gasteiger charge is 2.31. The molecule has 0 bridgehead atoms. The molecule has 0 radical (unpaired) electrons. The molecule has 1 aromatic rings. The maximum Gasteiger partial charge on any atom is 0.0644 e. The van der Waals surface area contributed by atoms with E-state index in [1.807, 2.05) is 4.68 Å². The standard InChI is InChI=1S/C17H31N3O/c1-13-16(14(2)20(19-13)9-10-21)11-18-12-17(3,4)15-7-5-6-8-15/h15,18,21H,5-12H2,1-4H3. The van der Waals surface area contributed by atoms with E-state index in [0.29, 0.717) is 12.0 Å². The Bertz CT molecular complexity index is 459. The van der Waals surface area contributed by atoms with Crippen LogP contribution in [0.15, 0.2) is 0 Å². The quantitative estimate of drug-likeness (QED) is 0.813. The van der Waals surface area contributed by atoms with Gasteiger partial charge < -0.3 is 10.4 Å². The maximum atomic E-state index is 9.07. The van der Waals surface area contributed by atoms with Gasteiger partial charge in [-0.15, -0.1) is 0 Å². The van der Waals surface area contributed by atoms with Crippen molar-refractivity contribution < 1.29 is 5.11 Å². The second-order valence-electron chi connectivity index (χ2n) is 7.17. The maximum absolute atomic E-state index is 9.07.